The van der Waals surface area contributed by atoms with Crippen molar-refractivity contribution in [3.63, 3.8) is 0 Å². The average molecular weight is 306 g/mol. The number of hydrogen-bond acceptors (Lipinski definition) is 3. The van der Waals surface area contributed by atoms with E-state index in [4.69, 9.17) is 23.2 Å². The van der Waals surface area contributed by atoms with E-state index < -0.39 is 0 Å². The molecule has 6 heteroatoms. The highest BCUT2D eigenvalue weighted by molar-refractivity contribution is 6.36. The molecule has 0 aliphatic carbocycles. The first-order valence-electron chi connectivity index (χ1n) is 5.88. The Morgan fingerprint density at radius 2 is 2.00 bits per heavy atom. The predicted molar refractivity (Wildman–Crippen MR) is 80.8 cm³/mol. The Morgan fingerprint density at radius 1 is 1.20 bits per heavy atom. The van der Waals surface area contributed by atoms with E-state index in [-0.39, 0.29) is 5.82 Å². The van der Waals surface area contributed by atoms with Gasteiger partial charge in [0.2, 0.25) is 5.82 Å². The Balaban J connectivity index is 2.36. The van der Waals surface area contributed by atoms with Crippen LogP contribution in [0, 0.1) is 11.8 Å². The molecule has 0 N–H and O–H groups in total. The maximum atomic E-state index is 11.2. The molecule has 0 fully saturated rings. The number of hydrogen-bond donors (Lipinski definition) is 0. The molecule has 3 aromatic rings. The molecule has 20 heavy (non-hydrogen) atoms. The van der Waals surface area contributed by atoms with E-state index in [1.807, 2.05) is 25.1 Å². The van der Waals surface area contributed by atoms with E-state index in [1.165, 1.54) is 0 Å². The van der Waals surface area contributed by atoms with E-state index >= 15 is 0 Å². The summed E-state index contributed by atoms with van der Waals surface area (Å²) < 4.78 is 1.70. The van der Waals surface area contributed by atoms with Crippen molar-refractivity contribution >= 4 is 34.7 Å². The normalized spacial score (nSPS) is 10.9. The second kappa shape index (κ2) is 4.89. The van der Waals surface area contributed by atoms with Gasteiger partial charge in [-0.25, -0.2) is 4.98 Å². The van der Waals surface area contributed by atoms with Crippen LogP contribution in [0.3, 0.4) is 0 Å². The molecule has 0 saturated carbocycles. The highest BCUT2D eigenvalue weighted by Crippen LogP contribution is 2.36. The zero-order chi connectivity index (χ0) is 14.3. The molecule has 0 amide bonds. The van der Waals surface area contributed by atoms with Gasteiger partial charge in [0.15, 0.2) is 0 Å². The van der Waals surface area contributed by atoms with Gasteiger partial charge in [0.1, 0.15) is 11.3 Å². The number of rotatable bonds is 2. The van der Waals surface area contributed by atoms with E-state index in [0.717, 1.165) is 5.69 Å². The van der Waals surface area contributed by atoms with Gasteiger partial charge in [0.05, 0.1) is 5.02 Å². The summed E-state index contributed by atoms with van der Waals surface area (Å²) in [6, 6.07) is 10.6. The third-order valence-corrected chi connectivity index (χ3v) is 3.64. The molecule has 1 aromatic carbocycles. The molecule has 0 radical (unpaired) electrons. The number of fused-ring (bicyclic) bond motifs is 1. The van der Waals surface area contributed by atoms with Gasteiger partial charge in [-0.15, -0.1) is 4.91 Å². The number of pyridine rings is 1. The van der Waals surface area contributed by atoms with Gasteiger partial charge in [-0.05, 0) is 42.4 Å². The Hall–Kier alpha value is -1.91. The van der Waals surface area contributed by atoms with Crippen LogP contribution in [0.25, 0.3) is 16.9 Å². The number of imidazole rings is 1. The molecule has 0 spiro atoms. The van der Waals surface area contributed by atoms with Crippen LogP contribution in [0.15, 0.2) is 41.6 Å². The maximum Gasteiger partial charge on any atom is 0.209 e. The minimum Gasteiger partial charge on any atom is -0.278 e. The number of halogens is 2. The van der Waals surface area contributed by atoms with Gasteiger partial charge in [0, 0.05) is 16.3 Å². The summed E-state index contributed by atoms with van der Waals surface area (Å²) in [4.78, 5) is 15.7. The zero-order valence-corrected chi connectivity index (χ0v) is 12.0. The van der Waals surface area contributed by atoms with E-state index in [1.54, 1.807) is 22.6 Å². The second-order valence-electron chi connectivity index (χ2n) is 4.36. The van der Waals surface area contributed by atoms with Gasteiger partial charge in [-0.2, -0.15) is 0 Å². The van der Waals surface area contributed by atoms with Crippen LogP contribution in [-0.4, -0.2) is 9.38 Å². The quantitative estimate of drug-likeness (QED) is 0.624. The maximum absolute atomic E-state index is 11.2. The lowest BCUT2D eigenvalue weighted by Crippen LogP contribution is -1.88. The van der Waals surface area contributed by atoms with Gasteiger partial charge in [-0.1, -0.05) is 29.3 Å². The molecule has 3 rings (SSSR count). The number of nitrogens with zero attached hydrogens (tertiary/aromatic N) is 3. The third kappa shape index (κ3) is 1.97. The van der Waals surface area contributed by atoms with Crippen LogP contribution < -0.4 is 0 Å². The minimum atomic E-state index is 0.238. The summed E-state index contributed by atoms with van der Waals surface area (Å²) in [6.45, 7) is 1.89. The SMILES string of the molecule is Cc1cccc2nc(-c3ccc(Cl)cc3Cl)c(N=O)n12. The van der Waals surface area contributed by atoms with Crippen molar-refractivity contribution in [1.82, 2.24) is 9.38 Å². The van der Waals surface area contributed by atoms with Crippen LogP contribution in [0.4, 0.5) is 5.82 Å². The highest BCUT2D eigenvalue weighted by Gasteiger charge is 2.18. The summed E-state index contributed by atoms with van der Waals surface area (Å²) in [5, 5.41) is 4.08. The number of aromatic nitrogens is 2. The summed E-state index contributed by atoms with van der Waals surface area (Å²) >= 11 is 12.1. The third-order valence-electron chi connectivity index (χ3n) is 3.09. The fourth-order valence-corrected chi connectivity index (χ4v) is 2.68. The monoisotopic (exact) mass is 305 g/mol. The van der Waals surface area contributed by atoms with Gasteiger partial charge < -0.3 is 0 Å². The van der Waals surface area contributed by atoms with Crippen LogP contribution in [-0.2, 0) is 0 Å². The van der Waals surface area contributed by atoms with Crippen molar-refractivity contribution in [2.24, 2.45) is 5.18 Å². The van der Waals surface area contributed by atoms with Crippen molar-refractivity contribution in [1.29, 1.82) is 0 Å². The smallest absolute Gasteiger partial charge is 0.209 e. The van der Waals surface area contributed by atoms with E-state index in [9.17, 15) is 4.91 Å². The lowest BCUT2D eigenvalue weighted by atomic mass is 10.1. The first-order valence-corrected chi connectivity index (χ1v) is 6.64. The molecule has 0 bridgehead atoms. The molecule has 4 nitrogen and oxygen atoms in total. The first kappa shape index (κ1) is 13.1. The summed E-state index contributed by atoms with van der Waals surface area (Å²) in [5.74, 6) is 0.238. The van der Waals surface area contributed by atoms with Crippen molar-refractivity contribution in [3.05, 3.63) is 57.0 Å². The minimum absolute atomic E-state index is 0.238. The Morgan fingerprint density at radius 3 is 2.70 bits per heavy atom. The molecular weight excluding hydrogens is 297 g/mol. The van der Waals surface area contributed by atoms with Crippen LogP contribution in [0.2, 0.25) is 10.0 Å². The number of aryl methyl sites for hydroxylation is 1. The second-order valence-corrected chi connectivity index (χ2v) is 5.20. The fraction of sp³-hybridized carbons (Fsp3) is 0.0714. The van der Waals surface area contributed by atoms with Gasteiger partial charge >= 0.3 is 0 Å². The van der Waals surface area contributed by atoms with Crippen molar-refractivity contribution in [2.45, 2.75) is 6.92 Å². The van der Waals surface area contributed by atoms with Gasteiger partial charge in [0.25, 0.3) is 0 Å². The summed E-state index contributed by atoms with van der Waals surface area (Å²) in [7, 11) is 0. The highest BCUT2D eigenvalue weighted by atomic mass is 35.5. The zero-order valence-electron chi connectivity index (χ0n) is 10.5. The van der Waals surface area contributed by atoms with Crippen LogP contribution in [0.1, 0.15) is 5.69 Å². The molecule has 100 valence electrons. The average Bonchev–Trinajstić information content (AvgIpc) is 2.78. The van der Waals surface area contributed by atoms with Crippen LogP contribution in [0.5, 0.6) is 0 Å². The number of nitroso groups, excluding NO2 is 1. The molecular formula is C14H9Cl2N3O. The molecule has 0 saturated heterocycles. The van der Waals surface area contributed by atoms with E-state index in [2.05, 4.69) is 10.2 Å². The molecule has 0 unspecified atom stereocenters. The molecule has 2 aromatic heterocycles. The van der Waals surface area contributed by atoms with Crippen LogP contribution >= 0.6 is 23.2 Å². The molecule has 0 atom stereocenters. The topological polar surface area (TPSA) is 46.7 Å². The first-order chi connectivity index (χ1) is 9.61. The number of benzene rings is 1. The molecule has 0 aliphatic heterocycles. The Kier molecular flexibility index (Phi) is 3.20. The molecule has 2 heterocycles. The fourth-order valence-electron chi connectivity index (χ4n) is 2.18. The largest absolute Gasteiger partial charge is 0.278 e. The van der Waals surface area contributed by atoms with E-state index in [0.29, 0.717) is 26.9 Å². The van der Waals surface area contributed by atoms with Crippen molar-refractivity contribution in [3.8, 4) is 11.3 Å². The van der Waals surface area contributed by atoms with Gasteiger partial charge in [-0.3, -0.25) is 4.40 Å². The van der Waals surface area contributed by atoms with Crippen molar-refractivity contribution < 1.29 is 0 Å². The standard InChI is InChI=1S/C14H9Cl2N3O/c1-8-3-2-4-12-17-13(14(18-20)19(8)12)10-6-5-9(15)7-11(10)16/h2-7H,1H3. The van der Waals surface area contributed by atoms with Crippen molar-refractivity contribution in [2.75, 3.05) is 0 Å². The molecule has 0 aliphatic rings. The summed E-state index contributed by atoms with van der Waals surface area (Å²) in [5.41, 5.74) is 2.62. The Labute approximate surface area is 124 Å². The predicted octanol–water partition coefficient (Wildman–Crippen LogP) is 5.01. The summed E-state index contributed by atoms with van der Waals surface area (Å²) in [6.07, 6.45) is 0. The lowest BCUT2D eigenvalue weighted by molar-refractivity contribution is 1.08. The Bertz CT molecular complexity index is 827. The lowest BCUT2D eigenvalue weighted by Gasteiger charge is -2.02.